The molecule has 0 aromatic carbocycles. The number of nitrogens with zero attached hydrogens (tertiary/aromatic N) is 1. The normalized spacial score (nSPS) is 24.5. The summed E-state index contributed by atoms with van der Waals surface area (Å²) in [7, 11) is 0. The van der Waals surface area contributed by atoms with Crippen LogP contribution in [0.3, 0.4) is 0 Å². The number of ether oxygens (including phenoxy) is 1. The number of carboxylic acid groups (broad SMARTS) is 1. The Hall–Kier alpha value is -1.63. The van der Waals surface area contributed by atoms with E-state index in [9.17, 15) is 14.4 Å². The van der Waals surface area contributed by atoms with Crippen LogP contribution in [-0.2, 0) is 19.1 Å². The number of esters is 1. The smallest absolute Gasteiger partial charge is 0.326 e. The third-order valence-electron chi connectivity index (χ3n) is 4.10. The minimum Gasteiger partial charge on any atom is -0.480 e. The molecular weight excluding hydrogens is 276 g/mol. The fourth-order valence-electron chi connectivity index (χ4n) is 2.81. The minimum absolute atomic E-state index is 0.268. The number of carbonyl (C=O) groups is 3. The van der Waals surface area contributed by atoms with Crippen LogP contribution in [0.1, 0.15) is 39.5 Å². The van der Waals surface area contributed by atoms with Crippen molar-refractivity contribution in [1.82, 2.24) is 10.2 Å². The molecule has 2 rings (SSSR count). The zero-order valence-electron chi connectivity index (χ0n) is 12.4. The van der Waals surface area contributed by atoms with Gasteiger partial charge in [-0.3, -0.25) is 14.9 Å². The summed E-state index contributed by atoms with van der Waals surface area (Å²) >= 11 is 0. The number of hydrogen-bond acceptors (Lipinski definition) is 5. The van der Waals surface area contributed by atoms with Crippen molar-refractivity contribution in [2.24, 2.45) is 0 Å². The van der Waals surface area contributed by atoms with Gasteiger partial charge in [-0.2, -0.15) is 0 Å². The Morgan fingerprint density at radius 1 is 1.43 bits per heavy atom. The minimum atomic E-state index is -0.973. The first-order valence-corrected chi connectivity index (χ1v) is 7.39. The quantitative estimate of drug-likeness (QED) is 0.677. The molecule has 2 N–H and O–H groups in total. The van der Waals surface area contributed by atoms with Gasteiger partial charge in [-0.1, -0.05) is 0 Å². The zero-order valence-corrected chi connectivity index (χ0v) is 12.4. The second-order valence-corrected chi connectivity index (χ2v) is 5.70. The molecule has 21 heavy (non-hydrogen) atoms. The van der Waals surface area contributed by atoms with E-state index in [0.717, 1.165) is 0 Å². The molecule has 2 aliphatic rings. The summed E-state index contributed by atoms with van der Waals surface area (Å²) in [6, 6.07) is -1.35. The van der Waals surface area contributed by atoms with E-state index < -0.39 is 23.6 Å². The average Bonchev–Trinajstić information content (AvgIpc) is 3.04. The molecule has 1 aliphatic carbocycles. The van der Waals surface area contributed by atoms with Crippen molar-refractivity contribution in [1.29, 1.82) is 0 Å². The molecule has 2 fully saturated rings. The number of rotatable bonds is 6. The van der Waals surface area contributed by atoms with Crippen molar-refractivity contribution >= 4 is 17.8 Å². The maximum atomic E-state index is 12.4. The molecule has 1 heterocycles. The Kier molecular flexibility index (Phi) is 4.51. The summed E-state index contributed by atoms with van der Waals surface area (Å²) in [6.07, 6.45) is 2.47. The Labute approximate surface area is 123 Å². The van der Waals surface area contributed by atoms with E-state index in [4.69, 9.17) is 9.84 Å². The molecule has 2 atom stereocenters. The predicted octanol–water partition coefficient (Wildman–Crippen LogP) is 0.136. The lowest BCUT2D eigenvalue weighted by atomic mass is 10.1. The van der Waals surface area contributed by atoms with E-state index >= 15 is 0 Å². The largest absolute Gasteiger partial charge is 0.480 e. The highest BCUT2D eigenvalue weighted by atomic mass is 16.5. The Bertz CT molecular complexity index is 447. The lowest BCUT2D eigenvalue weighted by Gasteiger charge is -2.27. The van der Waals surface area contributed by atoms with Gasteiger partial charge < -0.3 is 14.7 Å². The van der Waals surface area contributed by atoms with Crippen LogP contribution >= 0.6 is 0 Å². The zero-order chi connectivity index (χ0) is 15.6. The van der Waals surface area contributed by atoms with Gasteiger partial charge in [0.05, 0.1) is 12.6 Å². The van der Waals surface area contributed by atoms with Gasteiger partial charge in [-0.25, -0.2) is 4.79 Å². The van der Waals surface area contributed by atoms with E-state index in [1.807, 2.05) is 0 Å². The summed E-state index contributed by atoms with van der Waals surface area (Å²) in [6.45, 7) is 4.16. The van der Waals surface area contributed by atoms with E-state index in [1.165, 1.54) is 4.90 Å². The molecule has 7 heteroatoms. The van der Waals surface area contributed by atoms with Gasteiger partial charge in [0.15, 0.2) is 0 Å². The van der Waals surface area contributed by atoms with Gasteiger partial charge in [0.25, 0.3) is 0 Å². The predicted molar refractivity (Wildman–Crippen MR) is 73.6 cm³/mol. The van der Waals surface area contributed by atoms with Crippen LogP contribution in [0.5, 0.6) is 0 Å². The fourth-order valence-corrected chi connectivity index (χ4v) is 2.81. The number of likely N-dealkylation sites (tertiary alicyclic amines) is 1. The molecular formula is C14H22N2O5. The number of amides is 1. The molecule has 0 aromatic heterocycles. The number of hydrogen-bond donors (Lipinski definition) is 2. The highest BCUT2D eigenvalue weighted by Crippen LogP contribution is 2.37. The molecule has 1 aliphatic heterocycles. The second-order valence-electron chi connectivity index (χ2n) is 5.70. The molecule has 7 nitrogen and oxygen atoms in total. The average molecular weight is 298 g/mol. The van der Waals surface area contributed by atoms with Crippen molar-refractivity contribution in [2.75, 3.05) is 13.2 Å². The standard InChI is InChI=1S/C14H22N2O5/c1-3-21-13(20)14(6-7-14)15-9(2)11(17)16-8-4-5-10(16)12(18)19/h9-10,15H,3-8H2,1-2H3,(H,18,19)/t9-,10-/m0/s1. The third-order valence-corrected chi connectivity index (χ3v) is 4.10. The van der Waals surface area contributed by atoms with Crippen molar-refractivity contribution in [3.05, 3.63) is 0 Å². The topological polar surface area (TPSA) is 95.9 Å². The van der Waals surface area contributed by atoms with Gasteiger partial charge in [0, 0.05) is 6.54 Å². The maximum absolute atomic E-state index is 12.4. The first kappa shape index (κ1) is 15.8. The van der Waals surface area contributed by atoms with E-state index in [-0.39, 0.29) is 11.9 Å². The number of aliphatic carboxylic acids is 1. The van der Waals surface area contributed by atoms with Crippen molar-refractivity contribution in [2.45, 2.75) is 57.2 Å². The van der Waals surface area contributed by atoms with Crippen LogP contribution in [0.2, 0.25) is 0 Å². The van der Waals surface area contributed by atoms with E-state index in [0.29, 0.717) is 38.8 Å². The highest BCUT2D eigenvalue weighted by Gasteiger charge is 2.53. The van der Waals surface area contributed by atoms with Crippen LogP contribution in [0.25, 0.3) is 0 Å². The monoisotopic (exact) mass is 298 g/mol. The molecule has 118 valence electrons. The number of carbonyl (C=O) groups excluding carboxylic acids is 2. The lowest BCUT2D eigenvalue weighted by molar-refractivity contribution is -0.151. The van der Waals surface area contributed by atoms with Gasteiger partial charge in [0.1, 0.15) is 11.6 Å². The highest BCUT2D eigenvalue weighted by molar-refractivity contribution is 5.89. The second kappa shape index (κ2) is 6.01. The molecule has 0 spiro atoms. The summed E-state index contributed by atoms with van der Waals surface area (Å²) in [4.78, 5) is 36.8. The maximum Gasteiger partial charge on any atom is 0.326 e. The van der Waals surface area contributed by atoms with Crippen LogP contribution in [-0.4, -0.2) is 58.6 Å². The van der Waals surface area contributed by atoms with Gasteiger partial charge in [-0.05, 0) is 39.5 Å². The van der Waals surface area contributed by atoms with Crippen molar-refractivity contribution in [3.63, 3.8) is 0 Å². The van der Waals surface area contributed by atoms with Gasteiger partial charge >= 0.3 is 11.9 Å². The van der Waals surface area contributed by atoms with Crippen molar-refractivity contribution in [3.8, 4) is 0 Å². The fraction of sp³-hybridized carbons (Fsp3) is 0.786. The summed E-state index contributed by atoms with van der Waals surface area (Å²) in [5, 5.41) is 12.2. The molecule has 0 unspecified atom stereocenters. The van der Waals surface area contributed by atoms with Gasteiger partial charge in [0.2, 0.25) is 5.91 Å². The molecule has 0 aromatic rings. The van der Waals surface area contributed by atoms with Crippen LogP contribution in [0.15, 0.2) is 0 Å². The third kappa shape index (κ3) is 3.18. The molecule has 1 saturated carbocycles. The Balaban J connectivity index is 1.97. The molecule has 0 bridgehead atoms. The van der Waals surface area contributed by atoms with Gasteiger partial charge in [-0.15, -0.1) is 0 Å². The molecule has 1 saturated heterocycles. The summed E-state index contributed by atoms with van der Waals surface area (Å²) < 4.78 is 5.01. The Morgan fingerprint density at radius 3 is 2.62 bits per heavy atom. The first-order valence-electron chi connectivity index (χ1n) is 7.39. The van der Waals surface area contributed by atoms with Crippen LogP contribution in [0, 0.1) is 0 Å². The van der Waals surface area contributed by atoms with E-state index in [1.54, 1.807) is 13.8 Å². The number of carboxylic acids is 1. The number of nitrogens with one attached hydrogen (secondary N) is 1. The van der Waals surface area contributed by atoms with Crippen LogP contribution < -0.4 is 5.32 Å². The Morgan fingerprint density at radius 2 is 2.10 bits per heavy atom. The summed E-state index contributed by atoms with van der Waals surface area (Å²) in [5.74, 6) is -1.57. The SMILES string of the molecule is CCOC(=O)C1(N[C@@H](C)C(=O)N2CCC[C@H]2C(=O)O)CC1. The lowest BCUT2D eigenvalue weighted by Crippen LogP contribution is -2.54. The van der Waals surface area contributed by atoms with Crippen LogP contribution in [0.4, 0.5) is 0 Å². The first-order chi connectivity index (χ1) is 9.91. The summed E-state index contributed by atoms with van der Waals surface area (Å²) in [5.41, 5.74) is -0.760. The van der Waals surface area contributed by atoms with E-state index in [2.05, 4.69) is 5.32 Å². The van der Waals surface area contributed by atoms with Crippen molar-refractivity contribution < 1.29 is 24.2 Å². The molecule has 1 amide bonds. The molecule has 0 radical (unpaired) electrons.